The fraction of sp³-hybridized carbons (Fsp3) is 0.517. The number of hydrogen-bond donors (Lipinski definition) is 1. The Labute approximate surface area is 200 Å². The maximum Gasteiger partial charge on any atom is 0.242 e. The third kappa shape index (κ3) is 8.34. The molecule has 1 N–H and O–H groups in total. The highest BCUT2D eigenvalue weighted by atomic mass is 16.2. The third-order valence-corrected chi connectivity index (χ3v) is 5.99. The lowest BCUT2D eigenvalue weighted by Crippen LogP contribution is -2.49. The number of carbonyl (C=O) groups excluding carboxylic acids is 2. The van der Waals surface area contributed by atoms with Crippen LogP contribution in [0.2, 0.25) is 0 Å². The summed E-state index contributed by atoms with van der Waals surface area (Å²) < 4.78 is 0. The van der Waals surface area contributed by atoms with Crippen LogP contribution in [0.3, 0.4) is 0 Å². The van der Waals surface area contributed by atoms with Crippen LogP contribution in [0.25, 0.3) is 0 Å². The molecule has 2 rings (SSSR count). The number of hydrogen-bond acceptors (Lipinski definition) is 2. The molecule has 4 nitrogen and oxygen atoms in total. The Hall–Kier alpha value is -2.62. The molecule has 1 atom stereocenters. The van der Waals surface area contributed by atoms with E-state index in [1.807, 2.05) is 26.0 Å². The van der Waals surface area contributed by atoms with Crippen LogP contribution < -0.4 is 5.32 Å². The summed E-state index contributed by atoms with van der Waals surface area (Å²) in [4.78, 5) is 28.1. The standard InChI is InChI=1S/C29H42N2O2/c1-8-26(28(33)30-19-21(2)3)31(20-24-11-9-22(4)10-12-24)27(32)18-15-23-13-16-25(17-14-23)29(5,6)7/h9-14,16-17,21,26H,8,15,18-20H2,1-7H3,(H,30,33)/t26-/m1/s1. The van der Waals surface area contributed by atoms with Crippen molar-refractivity contribution in [2.75, 3.05) is 6.54 Å². The van der Waals surface area contributed by atoms with Crippen molar-refractivity contribution in [2.45, 2.75) is 85.7 Å². The molecule has 33 heavy (non-hydrogen) atoms. The van der Waals surface area contributed by atoms with Crippen LogP contribution in [-0.2, 0) is 28.0 Å². The van der Waals surface area contributed by atoms with Crippen LogP contribution >= 0.6 is 0 Å². The van der Waals surface area contributed by atoms with Crippen molar-refractivity contribution in [3.05, 3.63) is 70.8 Å². The average molecular weight is 451 g/mol. The van der Waals surface area contributed by atoms with Gasteiger partial charge in [0.1, 0.15) is 6.04 Å². The van der Waals surface area contributed by atoms with Gasteiger partial charge < -0.3 is 10.2 Å². The molecule has 0 radical (unpaired) electrons. The molecular formula is C29H42N2O2. The Morgan fingerprint density at radius 2 is 1.52 bits per heavy atom. The van der Waals surface area contributed by atoms with Gasteiger partial charge in [-0.25, -0.2) is 0 Å². The van der Waals surface area contributed by atoms with Gasteiger partial charge in [-0.2, -0.15) is 0 Å². The first-order chi connectivity index (χ1) is 15.5. The Balaban J connectivity index is 2.17. The highest BCUT2D eigenvalue weighted by Crippen LogP contribution is 2.23. The van der Waals surface area contributed by atoms with Crippen LogP contribution in [0.5, 0.6) is 0 Å². The summed E-state index contributed by atoms with van der Waals surface area (Å²) in [5.74, 6) is 0.312. The van der Waals surface area contributed by atoms with Gasteiger partial charge in [-0.3, -0.25) is 9.59 Å². The second kappa shape index (κ2) is 12.0. The number of amides is 2. The molecule has 0 bridgehead atoms. The highest BCUT2D eigenvalue weighted by molar-refractivity contribution is 5.87. The first kappa shape index (κ1) is 26.6. The lowest BCUT2D eigenvalue weighted by atomic mass is 9.86. The zero-order valence-corrected chi connectivity index (χ0v) is 21.6. The minimum absolute atomic E-state index is 0.0158. The molecule has 2 aromatic carbocycles. The first-order valence-corrected chi connectivity index (χ1v) is 12.2. The quantitative estimate of drug-likeness (QED) is 0.497. The van der Waals surface area contributed by atoms with Crippen LogP contribution in [0.4, 0.5) is 0 Å². The van der Waals surface area contributed by atoms with Crippen molar-refractivity contribution >= 4 is 11.8 Å². The van der Waals surface area contributed by atoms with Gasteiger partial charge in [0.05, 0.1) is 0 Å². The summed E-state index contributed by atoms with van der Waals surface area (Å²) in [5.41, 5.74) is 4.75. The van der Waals surface area contributed by atoms with Crippen LogP contribution in [0.15, 0.2) is 48.5 Å². The van der Waals surface area contributed by atoms with E-state index in [9.17, 15) is 9.59 Å². The summed E-state index contributed by atoms with van der Waals surface area (Å²) in [6.07, 6.45) is 1.63. The molecule has 0 aliphatic rings. The predicted molar refractivity (Wildman–Crippen MR) is 137 cm³/mol. The number of benzene rings is 2. The Kier molecular flexibility index (Phi) is 9.70. The molecule has 0 fully saturated rings. The minimum atomic E-state index is -0.471. The van der Waals surface area contributed by atoms with Crippen LogP contribution in [-0.4, -0.2) is 29.3 Å². The molecule has 2 amide bonds. The van der Waals surface area contributed by atoms with E-state index in [1.54, 1.807) is 4.90 Å². The van der Waals surface area contributed by atoms with Gasteiger partial charge in [0.25, 0.3) is 0 Å². The van der Waals surface area contributed by atoms with E-state index < -0.39 is 6.04 Å². The molecule has 0 heterocycles. The Morgan fingerprint density at radius 1 is 0.939 bits per heavy atom. The van der Waals surface area contributed by atoms with Gasteiger partial charge in [0.2, 0.25) is 11.8 Å². The van der Waals surface area contributed by atoms with E-state index in [2.05, 4.69) is 76.3 Å². The second-order valence-corrected chi connectivity index (χ2v) is 10.5. The minimum Gasteiger partial charge on any atom is -0.354 e. The van der Waals surface area contributed by atoms with Crippen molar-refractivity contribution in [1.29, 1.82) is 0 Å². The van der Waals surface area contributed by atoms with Gasteiger partial charge in [-0.1, -0.05) is 95.6 Å². The molecule has 0 aliphatic heterocycles. The summed E-state index contributed by atoms with van der Waals surface area (Å²) in [6.45, 7) is 15.8. The van der Waals surface area contributed by atoms with E-state index >= 15 is 0 Å². The van der Waals surface area contributed by atoms with E-state index in [0.29, 0.717) is 38.3 Å². The summed E-state index contributed by atoms with van der Waals surface area (Å²) in [5, 5.41) is 3.02. The summed E-state index contributed by atoms with van der Waals surface area (Å²) >= 11 is 0. The van der Waals surface area contributed by atoms with Gasteiger partial charge >= 0.3 is 0 Å². The van der Waals surface area contributed by atoms with Gasteiger partial charge in [-0.05, 0) is 47.8 Å². The fourth-order valence-electron chi connectivity index (χ4n) is 3.80. The number of rotatable bonds is 10. The van der Waals surface area contributed by atoms with E-state index in [1.165, 1.54) is 11.1 Å². The SMILES string of the molecule is CC[C@H](C(=O)NCC(C)C)N(Cc1ccc(C)cc1)C(=O)CCc1ccc(C(C)(C)C)cc1. The number of aryl methyl sites for hydroxylation is 2. The van der Waals surface area contributed by atoms with Gasteiger partial charge in [0.15, 0.2) is 0 Å². The molecular weight excluding hydrogens is 408 g/mol. The smallest absolute Gasteiger partial charge is 0.242 e. The Bertz CT molecular complexity index is 893. The molecule has 4 heteroatoms. The van der Waals surface area contributed by atoms with Crippen molar-refractivity contribution in [1.82, 2.24) is 10.2 Å². The molecule has 0 saturated carbocycles. The molecule has 0 unspecified atom stereocenters. The van der Waals surface area contributed by atoms with E-state index in [0.717, 1.165) is 11.1 Å². The van der Waals surface area contributed by atoms with Crippen molar-refractivity contribution in [3.63, 3.8) is 0 Å². The van der Waals surface area contributed by atoms with Gasteiger partial charge in [0, 0.05) is 19.5 Å². The maximum absolute atomic E-state index is 13.4. The monoisotopic (exact) mass is 450 g/mol. The molecule has 180 valence electrons. The topological polar surface area (TPSA) is 49.4 Å². The highest BCUT2D eigenvalue weighted by Gasteiger charge is 2.28. The fourth-order valence-corrected chi connectivity index (χ4v) is 3.80. The van der Waals surface area contributed by atoms with Crippen molar-refractivity contribution < 1.29 is 9.59 Å². The maximum atomic E-state index is 13.4. The Morgan fingerprint density at radius 3 is 2.03 bits per heavy atom. The van der Waals surface area contributed by atoms with Crippen LogP contribution in [0, 0.1) is 12.8 Å². The number of nitrogens with zero attached hydrogens (tertiary/aromatic N) is 1. The van der Waals surface area contributed by atoms with Crippen LogP contribution in [0.1, 0.15) is 76.6 Å². The van der Waals surface area contributed by atoms with E-state index in [4.69, 9.17) is 0 Å². The average Bonchev–Trinajstić information content (AvgIpc) is 2.76. The zero-order chi connectivity index (χ0) is 24.6. The number of nitrogens with one attached hydrogen (secondary N) is 1. The van der Waals surface area contributed by atoms with Crippen molar-refractivity contribution in [3.8, 4) is 0 Å². The number of carbonyl (C=O) groups is 2. The lowest BCUT2D eigenvalue weighted by Gasteiger charge is -2.31. The third-order valence-electron chi connectivity index (χ3n) is 5.99. The normalized spacial score (nSPS) is 12.5. The summed E-state index contributed by atoms with van der Waals surface area (Å²) in [6, 6.07) is 16.2. The van der Waals surface area contributed by atoms with Gasteiger partial charge in [-0.15, -0.1) is 0 Å². The predicted octanol–water partition coefficient (Wildman–Crippen LogP) is 5.80. The molecule has 0 spiro atoms. The molecule has 0 saturated heterocycles. The zero-order valence-electron chi connectivity index (χ0n) is 21.6. The second-order valence-electron chi connectivity index (χ2n) is 10.5. The molecule has 0 aliphatic carbocycles. The summed E-state index contributed by atoms with van der Waals surface area (Å²) in [7, 11) is 0. The van der Waals surface area contributed by atoms with Crippen molar-refractivity contribution in [2.24, 2.45) is 5.92 Å². The lowest BCUT2D eigenvalue weighted by molar-refractivity contribution is -0.141. The van der Waals surface area contributed by atoms with E-state index in [-0.39, 0.29) is 17.2 Å². The first-order valence-electron chi connectivity index (χ1n) is 12.2. The molecule has 0 aromatic heterocycles. The molecule has 2 aromatic rings. The largest absolute Gasteiger partial charge is 0.354 e.